The third kappa shape index (κ3) is 5.65. The summed E-state index contributed by atoms with van der Waals surface area (Å²) >= 11 is 0. The second-order valence-electron chi connectivity index (χ2n) is 6.38. The number of ether oxygens (including phenoxy) is 1. The van der Waals surface area contributed by atoms with Gasteiger partial charge in [-0.1, -0.05) is 42.0 Å². The molecule has 0 bridgehead atoms. The van der Waals surface area contributed by atoms with Gasteiger partial charge < -0.3 is 4.74 Å². The summed E-state index contributed by atoms with van der Waals surface area (Å²) in [5.74, 6) is 0.373. The maximum absolute atomic E-state index is 12.9. The zero-order valence-electron chi connectivity index (χ0n) is 15.5. The molecule has 0 atom stereocenters. The summed E-state index contributed by atoms with van der Waals surface area (Å²) in [7, 11) is -3.78. The Balaban J connectivity index is 1.47. The Bertz CT molecular complexity index is 996. The number of rotatable bonds is 8. The van der Waals surface area contributed by atoms with Crippen LogP contribution < -0.4 is 4.74 Å². The average molecular weight is 400 g/mol. The molecule has 0 saturated heterocycles. The molecule has 3 aromatic rings. The van der Waals surface area contributed by atoms with Crippen molar-refractivity contribution in [3.05, 3.63) is 95.3 Å². The second kappa shape index (κ2) is 8.99. The molecule has 0 spiro atoms. The fourth-order valence-corrected chi connectivity index (χ4v) is 3.51. The summed E-state index contributed by atoms with van der Waals surface area (Å²) in [6.07, 6.45) is 0.693. The van der Waals surface area contributed by atoms with E-state index in [1.165, 1.54) is 24.3 Å². The minimum Gasteiger partial charge on any atom is -0.491 e. The van der Waals surface area contributed by atoms with Gasteiger partial charge in [0.2, 0.25) is 0 Å². The predicted octanol–water partition coefficient (Wildman–Crippen LogP) is 4.51. The Labute approximate surface area is 164 Å². The van der Waals surface area contributed by atoms with Gasteiger partial charge in [0.25, 0.3) is 10.1 Å². The topological polar surface area (TPSA) is 52.6 Å². The van der Waals surface area contributed by atoms with Crippen LogP contribution in [0.5, 0.6) is 5.75 Å². The highest BCUT2D eigenvalue weighted by molar-refractivity contribution is 7.86. The lowest BCUT2D eigenvalue weighted by Crippen LogP contribution is -2.13. The first-order valence-electron chi connectivity index (χ1n) is 8.85. The van der Waals surface area contributed by atoms with Gasteiger partial charge in [-0.25, -0.2) is 4.39 Å². The molecule has 0 aliphatic rings. The molecule has 0 saturated carbocycles. The smallest absolute Gasteiger partial charge is 0.297 e. The summed E-state index contributed by atoms with van der Waals surface area (Å²) in [5, 5.41) is 0. The predicted molar refractivity (Wildman–Crippen MR) is 105 cm³/mol. The Morgan fingerprint density at radius 3 is 1.96 bits per heavy atom. The molecular weight excluding hydrogens is 379 g/mol. The van der Waals surface area contributed by atoms with Crippen molar-refractivity contribution < 1.29 is 21.7 Å². The van der Waals surface area contributed by atoms with Crippen LogP contribution in [-0.4, -0.2) is 21.6 Å². The van der Waals surface area contributed by atoms with Crippen molar-refractivity contribution >= 4 is 10.1 Å². The van der Waals surface area contributed by atoms with Gasteiger partial charge in [-0.3, -0.25) is 4.18 Å². The molecule has 0 aliphatic carbocycles. The number of benzene rings is 3. The van der Waals surface area contributed by atoms with Crippen LogP contribution in [0.15, 0.2) is 77.7 Å². The summed E-state index contributed by atoms with van der Waals surface area (Å²) < 4.78 is 47.7. The summed E-state index contributed by atoms with van der Waals surface area (Å²) in [5.41, 5.74) is 3.06. The van der Waals surface area contributed by atoms with E-state index in [1.54, 1.807) is 24.3 Å². The average Bonchev–Trinajstić information content (AvgIpc) is 2.69. The number of aryl methyl sites for hydroxylation is 1. The van der Waals surface area contributed by atoms with Gasteiger partial charge in [-0.2, -0.15) is 8.42 Å². The fourth-order valence-electron chi connectivity index (χ4n) is 2.62. The SMILES string of the molecule is Cc1ccc(S(=O)(=O)OCCOc2ccc(Cc3ccc(F)cc3)cc2)cc1. The van der Waals surface area contributed by atoms with Crippen molar-refractivity contribution in [2.24, 2.45) is 0 Å². The Kier molecular flexibility index (Phi) is 6.44. The third-order valence-electron chi connectivity index (χ3n) is 4.15. The van der Waals surface area contributed by atoms with Crippen LogP contribution in [0.4, 0.5) is 4.39 Å². The quantitative estimate of drug-likeness (QED) is 0.412. The van der Waals surface area contributed by atoms with E-state index in [-0.39, 0.29) is 23.9 Å². The molecule has 0 N–H and O–H groups in total. The molecule has 28 heavy (non-hydrogen) atoms. The van der Waals surface area contributed by atoms with Crippen LogP contribution in [0.3, 0.4) is 0 Å². The van der Waals surface area contributed by atoms with Gasteiger partial charge in [0, 0.05) is 0 Å². The molecular formula is C22H21FO4S. The van der Waals surface area contributed by atoms with Gasteiger partial charge in [0.1, 0.15) is 24.8 Å². The second-order valence-corrected chi connectivity index (χ2v) is 8.00. The van der Waals surface area contributed by atoms with Gasteiger partial charge in [0.15, 0.2) is 0 Å². The minimum atomic E-state index is -3.78. The highest BCUT2D eigenvalue weighted by Gasteiger charge is 2.14. The van der Waals surface area contributed by atoms with Crippen molar-refractivity contribution in [1.29, 1.82) is 0 Å². The normalized spacial score (nSPS) is 11.4. The molecule has 146 valence electrons. The molecule has 0 heterocycles. The van der Waals surface area contributed by atoms with Gasteiger partial charge in [-0.15, -0.1) is 0 Å². The largest absolute Gasteiger partial charge is 0.491 e. The van der Waals surface area contributed by atoms with Crippen LogP contribution in [0, 0.1) is 12.7 Å². The van der Waals surface area contributed by atoms with E-state index >= 15 is 0 Å². The van der Waals surface area contributed by atoms with E-state index in [4.69, 9.17) is 8.92 Å². The van der Waals surface area contributed by atoms with Crippen LogP contribution >= 0.6 is 0 Å². The molecule has 4 nitrogen and oxygen atoms in total. The van der Waals surface area contributed by atoms with E-state index in [1.807, 2.05) is 31.2 Å². The summed E-state index contributed by atoms with van der Waals surface area (Å²) in [4.78, 5) is 0.128. The zero-order valence-corrected chi connectivity index (χ0v) is 16.3. The van der Waals surface area contributed by atoms with E-state index < -0.39 is 10.1 Å². The Morgan fingerprint density at radius 1 is 0.786 bits per heavy atom. The maximum Gasteiger partial charge on any atom is 0.297 e. The molecule has 0 fully saturated rings. The van der Waals surface area contributed by atoms with Crippen molar-refractivity contribution in [2.45, 2.75) is 18.2 Å². The zero-order chi connectivity index (χ0) is 20.0. The van der Waals surface area contributed by atoms with Gasteiger partial charge >= 0.3 is 0 Å². The summed E-state index contributed by atoms with van der Waals surface area (Å²) in [6, 6.07) is 20.3. The monoisotopic (exact) mass is 400 g/mol. The van der Waals surface area contributed by atoms with Crippen molar-refractivity contribution in [3.63, 3.8) is 0 Å². The summed E-state index contributed by atoms with van der Waals surface area (Å²) in [6.45, 7) is 1.92. The Morgan fingerprint density at radius 2 is 1.36 bits per heavy atom. The van der Waals surface area contributed by atoms with E-state index in [0.717, 1.165) is 16.7 Å². The first kappa shape index (κ1) is 20.0. The molecule has 0 aliphatic heterocycles. The first-order valence-corrected chi connectivity index (χ1v) is 10.3. The fraction of sp³-hybridized carbons (Fsp3) is 0.182. The lowest BCUT2D eigenvalue weighted by Gasteiger charge is -2.09. The Hall–Kier alpha value is -2.70. The highest BCUT2D eigenvalue weighted by Crippen LogP contribution is 2.17. The lowest BCUT2D eigenvalue weighted by atomic mass is 10.1. The molecule has 6 heteroatoms. The molecule has 3 aromatic carbocycles. The number of hydrogen-bond donors (Lipinski definition) is 0. The lowest BCUT2D eigenvalue weighted by molar-refractivity contribution is 0.221. The molecule has 0 aromatic heterocycles. The standard InChI is InChI=1S/C22H21FO4S/c1-17-2-12-22(13-3-17)28(24,25)27-15-14-26-21-10-6-19(7-11-21)16-18-4-8-20(23)9-5-18/h2-13H,14-16H2,1H3. The molecule has 0 amide bonds. The van der Waals surface area contributed by atoms with Crippen molar-refractivity contribution in [3.8, 4) is 5.75 Å². The molecule has 0 unspecified atom stereocenters. The number of hydrogen-bond acceptors (Lipinski definition) is 4. The van der Waals surface area contributed by atoms with Crippen LogP contribution in [0.1, 0.15) is 16.7 Å². The van der Waals surface area contributed by atoms with Gasteiger partial charge in [-0.05, 0) is 60.9 Å². The van der Waals surface area contributed by atoms with Gasteiger partial charge in [0.05, 0.1) is 4.90 Å². The van der Waals surface area contributed by atoms with Crippen LogP contribution in [0.25, 0.3) is 0 Å². The van der Waals surface area contributed by atoms with E-state index in [9.17, 15) is 12.8 Å². The number of halogens is 1. The van der Waals surface area contributed by atoms with Crippen molar-refractivity contribution in [1.82, 2.24) is 0 Å². The van der Waals surface area contributed by atoms with E-state index in [2.05, 4.69) is 0 Å². The first-order chi connectivity index (χ1) is 13.4. The molecule has 0 radical (unpaired) electrons. The highest BCUT2D eigenvalue weighted by atomic mass is 32.2. The minimum absolute atomic E-state index is 0.0759. The van der Waals surface area contributed by atoms with Crippen molar-refractivity contribution in [2.75, 3.05) is 13.2 Å². The maximum atomic E-state index is 12.9. The van der Waals surface area contributed by atoms with Crippen LogP contribution in [-0.2, 0) is 20.7 Å². The van der Waals surface area contributed by atoms with E-state index in [0.29, 0.717) is 12.2 Å². The third-order valence-corrected chi connectivity index (χ3v) is 5.47. The van der Waals surface area contributed by atoms with Crippen LogP contribution in [0.2, 0.25) is 0 Å². The molecule has 3 rings (SSSR count).